The van der Waals surface area contributed by atoms with E-state index in [1.54, 1.807) is 0 Å². The van der Waals surface area contributed by atoms with Gasteiger partial charge in [-0.15, -0.1) is 0 Å². The minimum atomic E-state index is 1.01. The average molecular weight is 411 g/mol. The standard InChI is InChI=1S/C30H22N2/c1-21-14-15-22(19-27(21)28-12-7-8-18-31-28)23-16-17-26-25-11-5-6-13-29(25)32(30(26)20-23)24-9-3-2-4-10-24/h2-20H,1H3. The van der Waals surface area contributed by atoms with Crippen LogP contribution in [0.4, 0.5) is 0 Å². The SMILES string of the molecule is Cc1ccc(-c2ccc3c4ccccc4n(-c4ccccc4)c3c2)cc1-c1ccccn1. The monoisotopic (exact) mass is 410 g/mol. The largest absolute Gasteiger partial charge is 0.309 e. The van der Waals surface area contributed by atoms with Crippen molar-refractivity contribution in [3.8, 4) is 28.1 Å². The Morgan fingerprint density at radius 3 is 2.16 bits per heavy atom. The number of hydrogen-bond acceptors (Lipinski definition) is 1. The lowest BCUT2D eigenvalue weighted by atomic mass is 9.97. The molecule has 0 aliphatic heterocycles. The molecule has 2 heterocycles. The van der Waals surface area contributed by atoms with Crippen LogP contribution in [0.1, 0.15) is 5.56 Å². The molecule has 2 aromatic heterocycles. The molecule has 0 radical (unpaired) electrons. The molecule has 0 saturated heterocycles. The van der Waals surface area contributed by atoms with E-state index in [4.69, 9.17) is 0 Å². The second-order valence-electron chi connectivity index (χ2n) is 8.16. The van der Waals surface area contributed by atoms with Gasteiger partial charge in [-0.3, -0.25) is 4.98 Å². The number of para-hydroxylation sites is 2. The fraction of sp³-hybridized carbons (Fsp3) is 0.0333. The van der Waals surface area contributed by atoms with Crippen LogP contribution in [0.15, 0.2) is 115 Å². The van der Waals surface area contributed by atoms with Crippen molar-refractivity contribution in [2.75, 3.05) is 0 Å². The van der Waals surface area contributed by atoms with E-state index in [0.29, 0.717) is 0 Å². The molecule has 0 aliphatic carbocycles. The van der Waals surface area contributed by atoms with Gasteiger partial charge in [0, 0.05) is 28.2 Å². The van der Waals surface area contributed by atoms with Gasteiger partial charge in [-0.1, -0.05) is 66.7 Å². The van der Waals surface area contributed by atoms with Gasteiger partial charge in [0.25, 0.3) is 0 Å². The Morgan fingerprint density at radius 1 is 0.594 bits per heavy atom. The molecule has 6 rings (SSSR count). The van der Waals surface area contributed by atoms with E-state index in [-0.39, 0.29) is 0 Å². The smallest absolute Gasteiger partial charge is 0.0704 e. The van der Waals surface area contributed by atoms with E-state index >= 15 is 0 Å². The van der Waals surface area contributed by atoms with Gasteiger partial charge < -0.3 is 4.57 Å². The first kappa shape index (κ1) is 18.6. The predicted octanol–water partition coefficient (Wildman–Crippen LogP) is 7.82. The Balaban J connectivity index is 1.59. The van der Waals surface area contributed by atoms with Crippen molar-refractivity contribution in [3.63, 3.8) is 0 Å². The number of hydrogen-bond donors (Lipinski definition) is 0. The van der Waals surface area contributed by atoms with Gasteiger partial charge in [-0.05, 0) is 66.1 Å². The first-order valence-electron chi connectivity index (χ1n) is 10.9. The van der Waals surface area contributed by atoms with Crippen LogP contribution in [0, 0.1) is 6.92 Å². The maximum atomic E-state index is 4.57. The van der Waals surface area contributed by atoms with Crippen molar-refractivity contribution in [1.29, 1.82) is 0 Å². The number of aryl methyl sites for hydroxylation is 1. The molecule has 0 bridgehead atoms. The van der Waals surface area contributed by atoms with E-state index in [9.17, 15) is 0 Å². The van der Waals surface area contributed by atoms with E-state index in [1.165, 1.54) is 49.7 Å². The third-order valence-corrected chi connectivity index (χ3v) is 6.20. The summed E-state index contributed by atoms with van der Waals surface area (Å²) in [7, 11) is 0. The predicted molar refractivity (Wildman–Crippen MR) is 134 cm³/mol. The first-order chi connectivity index (χ1) is 15.8. The Labute approximate surface area is 187 Å². The molecule has 32 heavy (non-hydrogen) atoms. The van der Waals surface area contributed by atoms with Crippen molar-refractivity contribution in [2.24, 2.45) is 0 Å². The van der Waals surface area contributed by atoms with Crippen molar-refractivity contribution >= 4 is 21.8 Å². The number of fused-ring (bicyclic) bond motifs is 3. The van der Waals surface area contributed by atoms with E-state index in [1.807, 2.05) is 18.3 Å². The van der Waals surface area contributed by atoms with Crippen LogP contribution in [-0.4, -0.2) is 9.55 Å². The van der Waals surface area contributed by atoms with Crippen LogP contribution < -0.4 is 0 Å². The highest BCUT2D eigenvalue weighted by molar-refractivity contribution is 6.10. The van der Waals surface area contributed by atoms with Crippen LogP contribution in [0.3, 0.4) is 0 Å². The molecular weight excluding hydrogens is 388 g/mol. The van der Waals surface area contributed by atoms with Crippen LogP contribution in [-0.2, 0) is 0 Å². The van der Waals surface area contributed by atoms with Gasteiger partial charge in [0.1, 0.15) is 0 Å². The lowest BCUT2D eigenvalue weighted by Gasteiger charge is -2.11. The third-order valence-electron chi connectivity index (χ3n) is 6.20. The molecule has 0 amide bonds. The Morgan fingerprint density at radius 2 is 1.31 bits per heavy atom. The average Bonchev–Trinajstić information content (AvgIpc) is 3.19. The van der Waals surface area contributed by atoms with E-state index in [2.05, 4.69) is 114 Å². The number of rotatable bonds is 3. The van der Waals surface area contributed by atoms with Gasteiger partial charge in [0.15, 0.2) is 0 Å². The lowest BCUT2D eigenvalue weighted by molar-refractivity contribution is 1.18. The Bertz CT molecular complexity index is 1560. The summed E-state index contributed by atoms with van der Waals surface area (Å²) in [6.07, 6.45) is 1.85. The molecule has 4 aromatic carbocycles. The molecular formula is C30H22N2. The summed E-state index contributed by atoms with van der Waals surface area (Å²) in [5.74, 6) is 0. The van der Waals surface area contributed by atoms with Gasteiger partial charge in [-0.25, -0.2) is 0 Å². The summed E-state index contributed by atoms with van der Waals surface area (Å²) in [4.78, 5) is 4.57. The summed E-state index contributed by atoms with van der Waals surface area (Å²) >= 11 is 0. The highest BCUT2D eigenvalue weighted by atomic mass is 15.0. The molecule has 2 heteroatoms. The minimum absolute atomic E-state index is 1.01. The van der Waals surface area contributed by atoms with Crippen LogP contribution >= 0.6 is 0 Å². The van der Waals surface area contributed by atoms with Gasteiger partial charge >= 0.3 is 0 Å². The third kappa shape index (κ3) is 3.00. The minimum Gasteiger partial charge on any atom is -0.309 e. The molecule has 0 fully saturated rings. The van der Waals surface area contributed by atoms with Crippen molar-refractivity contribution in [1.82, 2.24) is 9.55 Å². The summed E-state index contributed by atoms with van der Waals surface area (Å²) in [6, 6.07) is 38.8. The second kappa shape index (κ2) is 7.51. The van der Waals surface area contributed by atoms with Crippen LogP contribution in [0.5, 0.6) is 0 Å². The zero-order chi connectivity index (χ0) is 21.5. The molecule has 2 nitrogen and oxygen atoms in total. The number of nitrogens with zero attached hydrogens (tertiary/aromatic N) is 2. The van der Waals surface area contributed by atoms with Gasteiger partial charge in [0.05, 0.1) is 16.7 Å². The maximum Gasteiger partial charge on any atom is 0.0704 e. The van der Waals surface area contributed by atoms with Crippen LogP contribution in [0.2, 0.25) is 0 Å². The molecule has 152 valence electrons. The fourth-order valence-electron chi connectivity index (χ4n) is 4.60. The van der Waals surface area contributed by atoms with Gasteiger partial charge in [-0.2, -0.15) is 0 Å². The maximum absolute atomic E-state index is 4.57. The Kier molecular flexibility index (Phi) is 4.36. The topological polar surface area (TPSA) is 17.8 Å². The Hall–Kier alpha value is -4.17. The zero-order valence-corrected chi connectivity index (χ0v) is 17.9. The van der Waals surface area contributed by atoms with Crippen molar-refractivity contribution < 1.29 is 0 Å². The summed E-state index contributed by atoms with van der Waals surface area (Å²) in [5.41, 5.74) is 9.43. The number of pyridine rings is 1. The quantitative estimate of drug-likeness (QED) is 0.291. The molecule has 6 aromatic rings. The first-order valence-corrected chi connectivity index (χ1v) is 10.9. The summed E-state index contributed by atoms with van der Waals surface area (Å²) < 4.78 is 2.36. The molecule has 0 unspecified atom stereocenters. The molecule has 0 aliphatic rings. The number of benzene rings is 4. The molecule has 0 atom stereocenters. The number of aromatic nitrogens is 2. The molecule has 0 N–H and O–H groups in total. The van der Waals surface area contributed by atoms with E-state index in [0.717, 1.165) is 5.69 Å². The summed E-state index contributed by atoms with van der Waals surface area (Å²) in [5, 5.41) is 2.54. The van der Waals surface area contributed by atoms with Crippen molar-refractivity contribution in [2.45, 2.75) is 6.92 Å². The highest BCUT2D eigenvalue weighted by Crippen LogP contribution is 2.35. The second-order valence-corrected chi connectivity index (χ2v) is 8.16. The van der Waals surface area contributed by atoms with Gasteiger partial charge in [0.2, 0.25) is 0 Å². The normalized spacial score (nSPS) is 11.3. The van der Waals surface area contributed by atoms with Crippen LogP contribution in [0.25, 0.3) is 49.9 Å². The summed E-state index contributed by atoms with van der Waals surface area (Å²) in [6.45, 7) is 2.14. The zero-order valence-electron chi connectivity index (χ0n) is 17.9. The molecule has 0 spiro atoms. The highest BCUT2D eigenvalue weighted by Gasteiger charge is 2.13. The molecule has 0 saturated carbocycles. The van der Waals surface area contributed by atoms with E-state index < -0.39 is 0 Å². The lowest BCUT2D eigenvalue weighted by Crippen LogP contribution is -1.93. The van der Waals surface area contributed by atoms with Crippen molar-refractivity contribution in [3.05, 3.63) is 121 Å². The fourth-order valence-corrected chi connectivity index (χ4v) is 4.60.